The summed E-state index contributed by atoms with van der Waals surface area (Å²) in [4.78, 5) is 57.4. The maximum atomic E-state index is 12.2. The highest BCUT2D eigenvalue weighted by Crippen LogP contribution is 2.20. The van der Waals surface area contributed by atoms with Crippen LogP contribution in [-0.2, 0) is 28.7 Å². The average Bonchev–Trinajstić information content (AvgIpc) is 3.04. The SMILES string of the molecule is O=C(O)CNC(=O)CNC(=O)CNC(=O)CCCCCCCCCCCCCCCCCCC(=O)N[C@@H]1O[C@H](CO)[C@@H](O)[C@H](O)[C@H]1O. The Morgan fingerprint density at radius 2 is 0.872 bits per heavy atom. The molecule has 4 amide bonds. The van der Waals surface area contributed by atoms with Crippen molar-refractivity contribution in [2.24, 2.45) is 0 Å². The van der Waals surface area contributed by atoms with E-state index < -0.39 is 61.6 Å². The molecule has 0 aliphatic carbocycles. The van der Waals surface area contributed by atoms with Gasteiger partial charge in [0.2, 0.25) is 23.6 Å². The van der Waals surface area contributed by atoms with E-state index in [2.05, 4.69) is 21.3 Å². The molecule has 15 nitrogen and oxygen atoms in total. The number of hydrogen-bond donors (Lipinski definition) is 9. The second-order valence-electron chi connectivity index (χ2n) is 12.2. The van der Waals surface area contributed by atoms with Crippen LogP contribution in [0, 0.1) is 0 Å². The molecule has 0 bridgehead atoms. The van der Waals surface area contributed by atoms with Crippen LogP contribution in [0.2, 0.25) is 0 Å². The fourth-order valence-corrected chi connectivity index (χ4v) is 5.24. The summed E-state index contributed by atoms with van der Waals surface area (Å²) < 4.78 is 5.30. The number of unbranched alkanes of at least 4 members (excludes halogenated alkanes) is 15. The Hall–Kier alpha value is -2.85. The molecule has 1 aliphatic rings. The first kappa shape index (κ1) is 42.2. The molecule has 5 atom stereocenters. The first-order valence-electron chi connectivity index (χ1n) is 17.2. The van der Waals surface area contributed by atoms with Gasteiger partial charge in [-0.2, -0.15) is 0 Å². The van der Waals surface area contributed by atoms with Crippen LogP contribution in [0.5, 0.6) is 0 Å². The van der Waals surface area contributed by atoms with Crippen LogP contribution < -0.4 is 21.3 Å². The maximum absolute atomic E-state index is 12.2. The van der Waals surface area contributed by atoms with Gasteiger partial charge in [-0.15, -0.1) is 0 Å². The molecule has 0 saturated carbocycles. The van der Waals surface area contributed by atoms with E-state index in [0.29, 0.717) is 12.8 Å². The van der Waals surface area contributed by atoms with Crippen molar-refractivity contribution < 1.29 is 54.2 Å². The predicted octanol–water partition coefficient (Wildman–Crippen LogP) is 0.358. The van der Waals surface area contributed by atoms with E-state index in [0.717, 1.165) is 44.9 Å². The number of carboxylic acids is 1. The van der Waals surface area contributed by atoms with Gasteiger partial charge in [0.05, 0.1) is 19.7 Å². The second-order valence-corrected chi connectivity index (χ2v) is 12.2. The van der Waals surface area contributed by atoms with Crippen LogP contribution in [0.25, 0.3) is 0 Å². The number of amides is 4. The highest BCUT2D eigenvalue weighted by atomic mass is 16.6. The quantitative estimate of drug-likeness (QED) is 0.0539. The van der Waals surface area contributed by atoms with Gasteiger partial charge in [-0.1, -0.05) is 89.9 Å². The van der Waals surface area contributed by atoms with Crippen molar-refractivity contribution in [1.29, 1.82) is 0 Å². The summed E-state index contributed by atoms with van der Waals surface area (Å²) in [6.07, 6.45) is 11.5. The van der Waals surface area contributed by atoms with Crippen molar-refractivity contribution in [3.8, 4) is 0 Å². The van der Waals surface area contributed by atoms with E-state index in [1.165, 1.54) is 51.4 Å². The summed E-state index contributed by atoms with van der Waals surface area (Å²) in [7, 11) is 0. The lowest BCUT2D eigenvalue weighted by Crippen LogP contribution is -2.63. The number of carbonyl (C=O) groups excluding carboxylic acids is 4. The zero-order chi connectivity index (χ0) is 34.9. The van der Waals surface area contributed by atoms with E-state index in [1.54, 1.807) is 0 Å². The van der Waals surface area contributed by atoms with Gasteiger partial charge in [0.25, 0.3) is 0 Å². The molecule has 272 valence electrons. The number of carboxylic acid groups (broad SMARTS) is 1. The molecule has 1 heterocycles. The predicted molar refractivity (Wildman–Crippen MR) is 172 cm³/mol. The summed E-state index contributed by atoms with van der Waals surface area (Å²) in [6.45, 7) is -1.63. The van der Waals surface area contributed by atoms with Crippen molar-refractivity contribution in [3.05, 3.63) is 0 Å². The number of nitrogens with one attached hydrogen (secondary N) is 4. The molecule has 1 fully saturated rings. The van der Waals surface area contributed by atoms with Crippen molar-refractivity contribution in [2.45, 2.75) is 146 Å². The smallest absolute Gasteiger partial charge is 0.322 e. The second kappa shape index (κ2) is 26.1. The van der Waals surface area contributed by atoms with Crippen LogP contribution in [0.1, 0.15) is 116 Å². The minimum Gasteiger partial charge on any atom is -0.480 e. The number of aliphatic hydroxyl groups is 4. The Balaban J connectivity index is 1.84. The van der Waals surface area contributed by atoms with Crippen LogP contribution in [0.15, 0.2) is 0 Å². The number of aliphatic carboxylic acids is 1. The maximum Gasteiger partial charge on any atom is 0.322 e. The van der Waals surface area contributed by atoms with Crippen molar-refractivity contribution in [3.63, 3.8) is 0 Å². The fraction of sp³-hybridized carbons (Fsp3) is 0.844. The molecule has 47 heavy (non-hydrogen) atoms. The zero-order valence-electron chi connectivity index (χ0n) is 27.6. The molecule has 1 aliphatic heterocycles. The summed E-state index contributed by atoms with van der Waals surface area (Å²) in [5, 5.41) is 56.8. The molecular formula is C32H58N4O11. The van der Waals surface area contributed by atoms with E-state index in [-0.39, 0.29) is 31.3 Å². The van der Waals surface area contributed by atoms with Crippen LogP contribution >= 0.6 is 0 Å². The van der Waals surface area contributed by atoms with Gasteiger partial charge in [-0.25, -0.2) is 0 Å². The Morgan fingerprint density at radius 3 is 1.30 bits per heavy atom. The number of ether oxygens (including phenoxy) is 1. The highest BCUT2D eigenvalue weighted by Gasteiger charge is 2.43. The molecule has 0 unspecified atom stereocenters. The monoisotopic (exact) mass is 674 g/mol. The van der Waals surface area contributed by atoms with E-state index in [1.807, 2.05) is 0 Å². The van der Waals surface area contributed by atoms with E-state index >= 15 is 0 Å². The Kier molecular flexibility index (Phi) is 23.5. The molecule has 1 rings (SSSR count). The van der Waals surface area contributed by atoms with Gasteiger partial charge >= 0.3 is 5.97 Å². The third-order valence-electron chi connectivity index (χ3n) is 8.08. The minimum absolute atomic E-state index is 0.215. The fourth-order valence-electron chi connectivity index (χ4n) is 5.24. The van der Waals surface area contributed by atoms with Gasteiger partial charge in [-0.05, 0) is 12.8 Å². The van der Waals surface area contributed by atoms with Crippen LogP contribution in [0.3, 0.4) is 0 Å². The first-order valence-corrected chi connectivity index (χ1v) is 17.2. The van der Waals surface area contributed by atoms with E-state index in [9.17, 15) is 44.4 Å². The van der Waals surface area contributed by atoms with Gasteiger partial charge in [0.15, 0.2) is 6.23 Å². The Bertz CT molecular complexity index is 921. The molecule has 0 aromatic rings. The molecule has 0 spiro atoms. The zero-order valence-corrected chi connectivity index (χ0v) is 27.6. The van der Waals surface area contributed by atoms with Gasteiger partial charge in [0.1, 0.15) is 31.0 Å². The normalized spacial score (nSPS) is 20.7. The molecule has 9 N–H and O–H groups in total. The van der Waals surface area contributed by atoms with Crippen molar-refractivity contribution in [2.75, 3.05) is 26.2 Å². The molecule has 0 aromatic heterocycles. The summed E-state index contributed by atoms with van der Waals surface area (Å²) in [6, 6.07) is 0. The molecular weight excluding hydrogens is 616 g/mol. The number of carbonyl (C=O) groups is 5. The average molecular weight is 675 g/mol. The Morgan fingerprint density at radius 1 is 0.489 bits per heavy atom. The topological polar surface area (TPSA) is 244 Å². The van der Waals surface area contributed by atoms with E-state index in [4.69, 9.17) is 9.84 Å². The minimum atomic E-state index is -1.51. The molecule has 0 aromatic carbocycles. The van der Waals surface area contributed by atoms with Crippen molar-refractivity contribution >= 4 is 29.6 Å². The number of rotatable bonds is 27. The first-order chi connectivity index (χ1) is 22.5. The van der Waals surface area contributed by atoms with Crippen LogP contribution in [0.4, 0.5) is 0 Å². The highest BCUT2D eigenvalue weighted by molar-refractivity contribution is 5.89. The lowest BCUT2D eigenvalue weighted by Gasteiger charge is -2.40. The lowest BCUT2D eigenvalue weighted by molar-refractivity contribution is -0.236. The third-order valence-corrected chi connectivity index (χ3v) is 8.08. The summed E-state index contributed by atoms with van der Waals surface area (Å²) in [5.74, 6) is -2.83. The standard InChI is InChI=1S/C32H58N4O11/c37-22-23-29(44)30(45)31(46)32(47-23)36-25(39)18-16-14-12-10-8-6-4-2-1-3-5-7-9-11-13-15-17-24(38)33-19-26(40)34-20-27(41)35-21-28(42)43/h23,29-32,37,44-46H,1-22H2,(H,33,38)(H,34,40)(H,35,41)(H,36,39)(H,42,43)/t23-,29-,30+,31-,32-/m1/s1. The Labute approximate surface area is 277 Å². The largest absolute Gasteiger partial charge is 0.480 e. The molecule has 15 heteroatoms. The molecule has 0 radical (unpaired) electrons. The lowest BCUT2D eigenvalue weighted by atomic mass is 9.98. The summed E-state index contributed by atoms with van der Waals surface area (Å²) >= 11 is 0. The van der Waals surface area contributed by atoms with Crippen LogP contribution in [-0.4, -0.2) is 112 Å². The van der Waals surface area contributed by atoms with Gasteiger partial charge < -0.3 is 51.5 Å². The summed E-state index contributed by atoms with van der Waals surface area (Å²) in [5.41, 5.74) is 0. The molecule has 1 saturated heterocycles. The third kappa shape index (κ3) is 20.9. The number of hydrogen-bond acceptors (Lipinski definition) is 10. The van der Waals surface area contributed by atoms with Gasteiger partial charge in [0, 0.05) is 12.8 Å². The van der Waals surface area contributed by atoms with Crippen molar-refractivity contribution in [1.82, 2.24) is 21.3 Å². The van der Waals surface area contributed by atoms with Gasteiger partial charge in [-0.3, -0.25) is 24.0 Å². The number of aliphatic hydroxyl groups excluding tert-OH is 4.